The third kappa shape index (κ3) is 3.53. The normalized spacial score (nSPS) is 10.5. The molecule has 2 aromatic heterocycles. The first-order chi connectivity index (χ1) is 10.5. The zero-order chi connectivity index (χ0) is 16.3. The van der Waals surface area contributed by atoms with Crippen molar-refractivity contribution in [3.63, 3.8) is 0 Å². The second-order valence-electron chi connectivity index (χ2n) is 4.63. The number of carbonyl (C=O) groups is 2. The van der Waals surface area contributed by atoms with Gasteiger partial charge in [0.1, 0.15) is 9.88 Å². The van der Waals surface area contributed by atoms with E-state index in [-0.39, 0.29) is 5.91 Å². The summed E-state index contributed by atoms with van der Waals surface area (Å²) in [7, 11) is 0. The molecule has 0 aliphatic carbocycles. The molecular weight excluding hydrogens is 320 g/mol. The van der Waals surface area contributed by atoms with E-state index in [9.17, 15) is 9.59 Å². The first-order valence-electron chi connectivity index (χ1n) is 7.01. The number of aryl methyl sites for hydroxylation is 3. The minimum absolute atomic E-state index is 0.238. The van der Waals surface area contributed by atoms with Gasteiger partial charge in [-0.1, -0.05) is 6.92 Å². The fourth-order valence-electron chi connectivity index (χ4n) is 1.97. The van der Waals surface area contributed by atoms with E-state index < -0.39 is 5.97 Å². The molecule has 0 bridgehead atoms. The van der Waals surface area contributed by atoms with Crippen LogP contribution in [0.4, 0.5) is 5.00 Å². The molecule has 118 valence electrons. The van der Waals surface area contributed by atoms with Gasteiger partial charge in [0.2, 0.25) is 0 Å². The molecule has 0 radical (unpaired) electrons. The Hall–Kier alpha value is -1.73. The molecule has 0 aliphatic rings. The standard InChI is InChI=1S/C15H18N2O3S2/c1-5-10-7-11(15(19)20-6-2)14(22-10)17-13(18)12-8(3)16-9(4)21-12/h7H,5-6H2,1-4H3,(H,17,18). The van der Waals surface area contributed by atoms with E-state index in [4.69, 9.17) is 4.74 Å². The molecule has 0 fully saturated rings. The van der Waals surface area contributed by atoms with Crippen molar-refractivity contribution in [3.8, 4) is 0 Å². The summed E-state index contributed by atoms with van der Waals surface area (Å²) in [6, 6.07) is 1.78. The SMILES string of the molecule is CCOC(=O)c1cc(CC)sc1NC(=O)c1sc(C)nc1C. The van der Waals surface area contributed by atoms with Crippen molar-refractivity contribution in [1.29, 1.82) is 0 Å². The summed E-state index contributed by atoms with van der Waals surface area (Å²) in [5.74, 6) is -0.649. The van der Waals surface area contributed by atoms with Crippen LogP contribution in [0.5, 0.6) is 0 Å². The van der Waals surface area contributed by atoms with Gasteiger partial charge in [-0.15, -0.1) is 22.7 Å². The zero-order valence-electron chi connectivity index (χ0n) is 13.0. The van der Waals surface area contributed by atoms with Crippen LogP contribution in [-0.2, 0) is 11.2 Å². The molecule has 5 nitrogen and oxygen atoms in total. The Morgan fingerprint density at radius 1 is 1.27 bits per heavy atom. The molecular formula is C15H18N2O3S2. The van der Waals surface area contributed by atoms with Gasteiger partial charge >= 0.3 is 5.97 Å². The third-order valence-electron chi connectivity index (χ3n) is 2.96. The fraction of sp³-hybridized carbons (Fsp3) is 0.400. The van der Waals surface area contributed by atoms with E-state index in [2.05, 4.69) is 10.3 Å². The summed E-state index contributed by atoms with van der Waals surface area (Å²) < 4.78 is 5.05. The van der Waals surface area contributed by atoms with Crippen molar-refractivity contribution in [2.24, 2.45) is 0 Å². The van der Waals surface area contributed by atoms with E-state index in [1.165, 1.54) is 22.7 Å². The van der Waals surface area contributed by atoms with Gasteiger partial charge in [0.05, 0.1) is 22.9 Å². The Balaban J connectivity index is 2.28. The van der Waals surface area contributed by atoms with Gasteiger partial charge < -0.3 is 10.1 Å². The van der Waals surface area contributed by atoms with E-state index in [0.29, 0.717) is 27.7 Å². The summed E-state index contributed by atoms with van der Waals surface area (Å²) in [4.78, 5) is 30.2. The number of thiophene rings is 1. The Kier molecular flexibility index (Phi) is 5.31. The Bertz CT molecular complexity index is 704. The van der Waals surface area contributed by atoms with E-state index in [0.717, 1.165) is 16.3 Å². The average Bonchev–Trinajstić information content (AvgIpc) is 3.02. The summed E-state index contributed by atoms with van der Waals surface area (Å²) in [6.45, 7) is 7.72. The third-order valence-corrected chi connectivity index (χ3v) is 5.23. The first kappa shape index (κ1) is 16.6. The largest absolute Gasteiger partial charge is 0.462 e. The molecule has 0 saturated carbocycles. The van der Waals surface area contributed by atoms with Crippen molar-refractivity contribution in [1.82, 2.24) is 4.98 Å². The van der Waals surface area contributed by atoms with Crippen LogP contribution in [0.15, 0.2) is 6.07 Å². The number of anilines is 1. The molecule has 1 amide bonds. The second kappa shape index (κ2) is 7.02. The number of esters is 1. The highest BCUT2D eigenvalue weighted by molar-refractivity contribution is 7.17. The lowest BCUT2D eigenvalue weighted by molar-refractivity contribution is 0.0528. The number of nitrogens with zero attached hydrogens (tertiary/aromatic N) is 1. The molecule has 2 rings (SSSR count). The van der Waals surface area contributed by atoms with Gasteiger partial charge in [0.15, 0.2) is 0 Å². The fourth-order valence-corrected chi connectivity index (χ4v) is 3.77. The molecule has 0 unspecified atom stereocenters. The highest BCUT2D eigenvalue weighted by atomic mass is 32.1. The molecule has 0 saturated heterocycles. The van der Waals surface area contributed by atoms with Gasteiger partial charge in [-0.2, -0.15) is 0 Å². The van der Waals surface area contributed by atoms with Crippen LogP contribution in [0.3, 0.4) is 0 Å². The van der Waals surface area contributed by atoms with Gasteiger partial charge in [0.25, 0.3) is 5.91 Å². The molecule has 0 atom stereocenters. The van der Waals surface area contributed by atoms with Crippen LogP contribution in [0, 0.1) is 13.8 Å². The topological polar surface area (TPSA) is 68.3 Å². The molecule has 2 aromatic rings. The lowest BCUT2D eigenvalue weighted by Gasteiger charge is -2.05. The maximum atomic E-state index is 12.4. The molecule has 22 heavy (non-hydrogen) atoms. The van der Waals surface area contributed by atoms with E-state index >= 15 is 0 Å². The maximum Gasteiger partial charge on any atom is 0.341 e. The molecule has 1 N–H and O–H groups in total. The highest BCUT2D eigenvalue weighted by Gasteiger charge is 2.21. The molecule has 7 heteroatoms. The van der Waals surface area contributed by atoms with Crippen LogP contribution >= 0.6 is 22.7 Å². The molecule has 0 aliphatic heterocycles. The number of amides is 1. The predicted molar refractivity (Wildman–Crippen MR) is 89.2 cm³/mol. The van der Waals surface area contributed by atoms with E-state index in [1.807, 2.05) is 13.8 Å². The Morgan fingerprint density at radius 3 is 2.55 bits per heavy atom. The number of nitrogens with one attached hydrogen (secondary N) is 1. The minimum Gasteiger partial charge on any atom is -0.462 e. The number of carbonyl (C=O) groups excluding carboxylic acids is 2. The molecule has 0 spiro atoms. The average molecular weight is 338 g/mol. The zero-order valence-corrected chi connectivity index (χ0v) is 14.6. The summed E-state index contributed by atoms with van der Waals surface area (Å²) in [6.07, 6.45) is 0.797. The lowest BCUT2D eigenvalue weighted by Crippen LogP contribution is -2.14. The van der Waals surface area contributed by atoms with Gasteiger partial charge in [-0.25, -0.2) is 9.78 Å². The Labute approximate surface area is 137 Å². The van der Waals surface area contributed by atoms with Gasteiger partial charge in [-0.05, 0) is 33.3 Å². The van der Waals surface area contributed by atoms with Gasteiger partial charge in [-0.3, -0.25) is 4.79 Å². The maximum absolute atomic E-state index is 12.4. The van der Waals surface area contributed by atoms with Crippen LogP contribution in [0.2, 0.25) is 0 Å². The van der Waals surface area contributed by atoms with Crippen molar-refractivity contribution in [2.45, 2.75) is 34.1 Å². The minimum atomic E-state index is -0.411. The first-order valence-corrected chi connectivity index (χ1v) is 8.64. The van der Waals surface area contributed by atoms with Gasteiger partial charge in [0, 0.05) is 4.88 Å². The van der Waals surface area contributed by atoms with Crippen molar-refractivity contribution in [2.75, 3.05) is 11.9 Å². The van der Waals surface area contributed by atoms with Crippen LogP contribution in [0.1, 0.15) is 49.5 Å². The lowest BCUT2D eigenvalue weighted by atomic mass is 10.2. The van der Waals surface area contributed by atoms with Crippen molar-refractivity contribution < 1.29 is 14.3 Å². The molecule has 2 heterocycles. The molecule has 0 aromatic carbocycles. The summed E-state index contributed by atoms with van der Waals surface area (Å²) >= 11 is 2.74. The number of hydrogen-bond donors (Lipinski definition) is 1. The second-order valence-corrected chi connectivity index (χ2v) is 6.97. The number of aromatic nitrogens is 1. The monoisotopic (exact) mass is 338 g/mol. The van der Waals surface area contributed by atoms with Crippen LogP contribution in [0.25, 0.3) is 0 Å². The summed E-state index contributed by atoms with van der Waals surface area (Å²) in [5.41, 5.74) is 1.11. The quantitative estimate of drug-likeness (QED) is 0.842. The van der Waals surface area contributed by atoms with Crippen molar-refractivity contribution >= 4 is 39.6 Å². The van der Waals surface area contributed by atoms with E-state index in [1.54, 1.807) is 19.9 Å². The number of hydrogen-bond acceptors (Lipinski definition) is 6. The van der Waals surface area contributed by atoms with Crippen molar-refractivity contribution in [3.05, 3.63) is 32.1 Å². The summed E-state index contributed by atoms with van der Waals surface area (Å²) in [5, 5.41) is 4.20. The number of rotatable bonds is 5. The number of ether oxygens (including phenoxy) is 1. The predicted octanol–water partition coefficient (Wildman–Crippen LogP) is 3.81. The number of thiazole rings is 1. The van der Waals surface area contributed by atoms with Crippen LogP contribution < -0.4 is 5.32 Å². The van der Waals surface area contributed by atoms with Crippen LogP contribution in [-0.4, -0.2) is 23.5 Å². The smallest absolute Gasteiger partial charge is 0.341 e. The Morgan fingerprint density at radius 2 is 2.00 bits per heavy atom. The highest BCUT2D eigenvalue weighted by Crippen LogP contribution is 2.30.